The molecular formula is C56H57ClFN9O8S. The van der Waals surface area contributed by atoms with E-state index in [0.29, 0.717) is 113 Å². The number of aromatic hydroxyl groups is 2. The standard InChI is InChI=1S/C56H57ClFN9O8S/c1-4-59-55(70)54-64-63-53(45-28-43(34(2)3)48(68)29-49(45)69)67(54)41-13-9-35(10-14-41)30-65-22-19-37(20-23-65)56(71)66(21-6-24-76(72)73)31-42-15-18-50(75-42)38-11-16-47-44(26-38)52(61-33-60-47)62-40-12-17-51(46(57)27-40)74-32-36-7-5-8-39(58)25-36/h5,7-18,25-29,33-34,37,68-69,76H,4,6,19-24,30-32H2,1-3H3,(H,59,70)(H,60,61,62). The SMILES string of the molecule is CCNC(=O)c1nnc(-c2cc(C(C)C)c(O)cc2O)n1-c1ccc(CN2CCC(C(=O)N(CCC[SH](=O)=O)Cc3ccc(-c4ccc5ncnc(Nc6ccc(OCc7cccc(F)c7)c(Cl)c6)c5c4)o3)CC2)cc1. The van der Waals surface area contributed by atoms with E-state index in [1.165, 1.54) is 24.5 Å². The highest BCUT2D eigenvalue weighted by Crippen LogP contribution is 2.39. The number of furan rings is 1. The normalized spacial score (nSPS) is 13.1. The Morgan fingerprint density at radius 2 is 1.72 bits per heavy atom. The number of thiol groups is 1. The maximum atomic E-state index is 14.3. The second kappa shape index (κ2) is 23.8. The number of fused-ring (bicyclic) bond motifs is 1. The fourth-order valence-corrected chi connectivity index (χ4v) is 9.96. The minimum Gasteiger partial charge on any atom is -0.508 e. The van der Waals surface area contributed by atoms with Gasteiger partial charge in [0.2, 0.25) is 11.7 Å². The number of anilines is 2. The number of rotatable bonds is 20. The molecule has 4 heterocycles. The topological polar surface area (TPSA) is 218 Å². The molecule has 1 fully saturated rings. The van der Waals surface area contributed by atoms with Gasteiger partial charge in [-0.2, -0.15) is 0 Å². The number of phenolic OH excluding ortho intramolecular Hbond substituents is 2. The van der Waals surface area contributed by atoms with Crippen LogP contribution >= 0.6 is 11.6 Å². The molecule has 17 nitrogen and oxygen atoms in total. The van der Waals surface area contributed by atoms with Crippen LogP contribution in [0, 0.1) is 11.7 Å². The van der Waals surface area contributed by atoms with E-state index in [1.807, 2.05) is 68.4 Å². The Bertz CT molecular complexity index is 3460. The summed E-state index contributed by atoms with van der Waals surface area (Å²) in [5, 5.41) is 37.2. The summed E-state index contributed by atoms with van der Waals surface area (Å²) in [5.41, 5.74) is 5.30. The van der Waals surface area contributed by atoms with Gasteiger partial charge in [0.1, 0.15) is 64.0 Å². The second-order valence-electron chi connectivity index (χ2n) is 18.9. The van der Waals surface area contributed by atoms with Crippen LogP contribution in [-0.4, -0.2) is 96.9 Å². The van der Waals surface area contributed by atoms with E-state index in [0.717, 1.165) is 11.1 Å². The van der Waals surface area contributed by atoms with Crippen molar-refractivity contribution in [2.45, 2.75) is 65.6 Å². The molecule has 76 heavy (non-hydrogen) atoms. The first kappa shape index (κ1) is 53.0. The lowest BCUT2D eigenvalue weighted by Gasteiger charge is -2.34. The highest BCUT2D eigenvalue weighted by atomic mass is 35.5. The van der Waals surface area contributed by atoms with Crippen LogP contribution in [0.15, 0.2) is 120 Å². The lowest BCUT2D eigenvalue weighted by Crippen LogP contribution is -2.42. The lowest BCUT2D eigenvalue weighted by atomic mass is 9.94. The summed E-state index contributed by atoms with van der Waals surface area (Å²) in [5.74, 6) is 0.921. The predicted molar refractivity (Wildman–Crippen MR) is 288 cm³/mol. The molecule has 0 radical (unpaired) electrons. The van der Waals surface area contributed by atoms with E-state index in [4.69, 9.17) is 20.8 Å². The number of nitrogens with zero attached hydrogens (tertiary/aromatic N) is 7. The summed E-state index contributed by atoms with van der Waals surface area (Å²) < 4.78 is 50.7. The lowest BCUT2D eigenvalue weighted by molar-refractivity contribution is -0.138. The van der Waals surface area contributed by atoms with E-state index < -0.39 is 16.6 Å². The molecule has 9 rings (SSSR count). The Kier molecular flexibility index (Phi) is 16.6. The van der Waals surface area contributed by atoms with Gasteiger partial charge in [-0.3, -0.25) is 19.1 Å². The average Bonchev–Trinajstić information content (AvgIpc) is 4.07. The second-order valence-corrected chi connectivity index (χ2v) is 20.4. The van der Waals surface area contributed by atoms with Crippen molar-refractivity contribution >= 4 is 56.5 Å². The van der Waals surface area contributed by atoms with Crippen LogP contribution in [0.3, 0.4) is 0 Å². The van der Waals surface area contributed by atoms with Gasteiger partial charge in [0.25, 0.3) is 5.91 Å². The molecule has 4 N–H and O–H groups in total. The molecule has 0 unspecified atom stereocenters. The molecule has 0 aliphatic carbocycles. The smallest absolute Gasteiger partial charge is 0.289 e. The molecule has 0 bridgehead atoms. The molecule has 394 valence electrons. The van der Waals surface area contributed by atoms with Crippen molar-refractivity contribution in [3.05, 3.63) is 155 Å². The van der Waals surface area contributed by atoms with Gasteiger partial charge in [-0.1, -0.05) is 49.7 Å². The van der Waals surface area contributed by atoms with E-state index in [2.05, 4.69) is 35.7 Å². The van der Waals surface area contributed by atoms with Crippen LogP contribution in [0.1, 0.15) is 79.0 Å². The fraction of sp³-hybridized carbons (Fsp3) is 0.286. The maximum absolute atomic E-state index is 14.3. The van der Waals surface area contributed by atoms with Gasteiger partial charge in [-0.25, -0.2) is 22.8 Å². The molecule has 8 aromatic rings. The summed E-state index contributed by atoms with van der Waals surface area (Å²) in [7, 11) is -2.62. The number of ether oxygens (including phenoxy) is 1. The van der Waals surface area contributed by atoms with Crippen molar-refractivity contribution in [2.75, 3.05) is 37.2 Å². The first-order valence-electron chi connectivity index (χ1n) is 25.0. The molecule has 1 aliphatic heterocycles. The zero-order chi connectivity index (χ0) is 53.5. The van der Waals surface area contributed by atoms with Gasteiger partial charge in [0.05, 0.1) is 22.6 Å². The van der Waals surface area contributed by atoms with E-state index >= 15 is 0 Å². The van der Waals surface area contributed by atoms with Crippen molar-refractivity contribution in [3.8, 4) is 45.6 Å². The number of piperidine rings is 1. The number of nitrogens with one attached hydrogen (secondary N) is 2. The van der Waals surface area contributed by atoms with Crippen LogP contribution in [0.25, 0.3) is 39.3 Å². The molecule has 1 saturated heterocycles. The number of halogens is 2. The molecule has 5 aromatic carbocycles. The number of carbonyl (C=O) groups is 2. The molecule has 2 amide bonds. The molecule has 0 saturated carbocycles. The minimum absolute atomic E-state index is 0.0414. The van der Waals surface area contributed by atoms with Gasteiger partial charge < -0.3 is 34.9 Å². The highest BCUT2D eigenvalue weighted by Gasteiger charge is 2.30. The molecule has 20 heteroatoms. The Morgan fingerprint density at radius 3 is 2.46 bits per heavy atom. The Morgan fingerprint density at radius 1 is 0.921 bits per heavy atom. The number of carbonyl (C=O) groups excluding carboxylic acids is 2. The Labute approximate surface area is 445 Å². The van der Waals surface area contributed by atoms with E-state index in [9.17, 15) is 32.6 Å². The predicted octanol–water partition coefficient (Wildman–Crippen LogP) is 9.78. The summed E-state index contributed by atoms with van der Waals surface area (Å²) >= 11 is 6.60. The number of hydrogen-bond donors (Lipinski definition) is 5. The van der Waals surface area contributed by atoms with Gasteiger partial charge in [-0.15, -0.1) is 10.2 Å². The zero-order valence-electron chi connectivity index (χ0n) is 42.1. The zero-order valence-corrected chi connectivity index (χ0v) is 43.7. The quantitative estimate of drug-likeness (QED) is 0.0449. The third-order valence-electron chi connectivity index (χ3n) is 13.2. The van der Waals surface area contributed by atoms with Crippen LogP contribution < -0.4 is 15.4 Å². The van der Waals surface area contributed by atoms with Gasteiger partial charge >= 0.3 is 0 Å². The summed E-state index contributed by atoms with van der Waals surface area (Å²) in [4.78, 5) is 40.4. The van der Waals surface area contributed by atoms with Crippen molar-refractivity contribution in [1.29, 1.82) is 0 Å². The molecule has 3 aromatic heterocycles. The van der Waals surface area contributed by atoms with E-state index in [1.54, 1.807) is 52.8 Å². The molecule has 1 aliphatic rings. The number of hydrogen-bond acceptors (Lipinski definition) is 14. The monoisotopic (exact) mass is 1070 g/mol. The van der Waals surface area contributed by atoms with Crippen LogP contribution in [0.4, 0.5) is 15.9 Å². The third kappa shape index (κ3) is 12.4. The number of benzene rings is 5. The largest absolute Gasteiger partial charge is 0.508 e. The minimum atomic E-state index is -2.62. The van der Waals surface area contributed by atoms with Crippen molar-refractivity contribution < 1.29 is 41.8 Å². The highest BCUT2D eigenvalue weighted by molar-refractivity contribution is 7.72. The number of phenols is 2. The van der Waals surface area contributed by atoms with Crippen LogP contribution in [0.2, 0.25) is 5.02 Å². The third-order valence-corrected chi connectivity index (χ3v) is 14.2. The van der Waals surface area contributed by atoms with Gasteiger partial charge in [-0.05, 0) is 141 Å². The number of likely N-dealkylation sites (tertiary alicyclic amines) is 1. The molecule has 0 spiro atoms. The first-order valence-corrected chi connectivity index (χ1v) is 26.7. The summed E-state index contributed by atoms with van der Waals surface area (Å²) in [6.45, 7) is 8.52. The Balaban J connectivity index is 0.847. The molecular weight excluding hydrogens is 1010 g/mol. The number of aromatic nitrogens is 5. The van der Waals surface area contributed by atoms with Gasteiger partial charge in [0, 0.05) is 59.7 Å². The average molecular weight is 1070 g/mol. The van der Waals surface area contributed by atoms with Crippen molar-refractivity contribution in [3.63, 3.8) is 0 Å². The van der Waals surface area contributed by atoms with Crippen molar-refractivity contribution in [1.82, 2.24) is 39.8 Å². The summed E-state index contributed by atoms with van der Waals surface area (Å²) in [6, 6.07) is 31.4. The van der Waals surface area contributed by atoms with Gasteiger partial charge in [0.15, 0.2) is 5.82 Å². The van der Waals surface area contributed by atoms with Crippen LogP contribution in [-0.2, 0) is 35.2 Å². The Hall–Kier alpha value is -7.87. The maximum Gasteiger partial charge on any atom is 0.289 e. The van der Waals surface area contributed by atoms with E-state index in [-0.39, 0.29) is 72.2 Å². The fourth-order valence-electron chi connectivity index (χ4n) is 9.32. The summed E-state index contributed by atoms with van der Waals surface area (Å²) in [6.07, 6.45) is 2.97. The van der Waals surface area contributed by atoms with Crippen molar-refractivity contribution in [2.24, 2.45) is 5.92 Å². The molecule has 0 atom stereocenters. The number of amides is 2. The van der Waals surface area contributed by atoms with Crippen LogP contribution in [0.5, 0.6) is 17.2 Å². The first-order chi connectivity index (χ1) is 36.7.